The normalized spacial score (nSPS) is 10.8. The average Bonchev–Trinajstić information content (AvgIpc) is 2.83. The van der Waals surface area contributed by atoms with Crippen molar-refractivity contribution in [3.8, 4) is 0 Å². The Balaban J connectivity index is 2.09. The van der Waals surface area contributed by atoms with E-state index in [1.807, 2.05) is 6.92 Å². The van der Waals surface area contributed by atoms with E-state index >= 15 is 0 Å². The largest absolute Gasteiger partial charge is 0.449 e. The van der Waals surface area contributed by atoms with Crippen molar-refractivity contribution >= 4 is 16.8 Å². The molecule has 0 aliphatic carbocycles. The number of aryl methyl sites for hydroxylation is 1. The number of aromatic nitrogens is 1. The van der Waals surface area contributed by atoms with Crippen LogP contribution in [0.15, 0.2) is 47.0 Å². The van der Waals surface area contributed by atoms with Crippen molar-refractivity contribution in [1.29, 1.82) is 0 Å². The third kappa shape index (κ3) is 2.01. The fraction of sp³-hybridized carbons (Fsp3) is 0.0667. The van der Waals surface area contributed by atoms with Gasteiger partial charge in [-0.05, 0) is 36.8 Å². The van der Waals surface area contributed by atoms with Crippen molar-refractivity contribution in [2.75, 3.05) is 0 Å². The molecule has 94 valence electrons. The Bertz CT molecular complexity index is 777. The molecule has 19 heavy (non-hydrogen) atoms. The van der Waals surface area contributed by atoms with Crippen molar-refractivity contribution < 1.29 is 13.6 Å². The summed E-state index contributed by atoms with van der Waals surface area (Å²) in [7, 11) is 0. The summed E-state index contributed by atoms with van der Waals surface area (Å²) >= 11 is 0. The fourth-order valence-corrected chi connectivity index (χ4v) is 1.93. The lowest BCUT2D eigenvalue weighted by Gasteiger charge is -1.97. The summed E-state index contributed by atoms with van der Waals surface area (Å²) in [4.78, 5) is 16.2. The van der Waals surface area contributed by atoms with E-state index in [0.29, 0.717) is 11.1 Å². The summed E-state index contributed by atoms with van der Waals surface area (Å²) in [5.74, 6) is -0.730. The number of benzene rings is 1. The number of rotatable bonds is 2. The molecule has 0 saturated carbocycles. The number of hydrogen-bond donors (Lipinski definition) is 0. The minimum atomic E-state index is -0.478. The van der Waals surface area contributed by atoms with Gasteiger partial charge in [-0.2, -0.15) is 0 Å². The highest BCUT2D eigenvalue weighted by Crippen LogP contribution is 2.23. The predicted molar refractivity (Wildman–Crippen MR) is 68.6 cm³/mol. The van der Waals surface area contributed by atoms with Crippen molar-refractivity contribution in [3.63, 3.8) is 0 Å². The quantitative estimate of drug-likeness (QED) is 0.658. The van der Waals surface area contributed by atoms with Gasteiger partial charge in [0, 0.05) is 11.6 Å². The number of pyridine rings is 1. The monoisotopic (exact) mass is 255 g/mol. The third-order valence-corrected chi connectivity index (χ3v) is 2.87. The molecule has 0 atom stereocenters. The van der Waals surface area contributed by atoms with Crippen LogP contribution < -0.4 is 0 Å². The number of hydrogen-bond acceptors (Lipinski definition) is 3. The summed E-state index contributed by atoms with van der Waals surface area (Å²) in [5, 5.41) is 0.566. The van der Waals surface area contributed by atoms with Crippen molar-refractivity contribution in [2.24, 2.45) is 0 Å². The van der Waals surface area contributed by atoms with E-state index < -0.39 is 5.82 Å². The molecule has 0 bridgehead atoms. The molecule has 0 aliphatic heterocycles. The molecule has 0 unspecified atom stereocenters. The molecule has 0 N–H and O–H groups in total. The molecule has 0 radical (unpaired) electrons. The second kappa shape index (κ2) is 4.31. The average molecular weight is 255 g/mol. The zero-order chi connectivity index (χ0) is 13.4. The van der Waals surface area contributed by atoms with E-state index in [1.165, 1.54) is 12.1 Å². The van der Waals surface area contributed by atoms with E-state index in [-0.39, 0.29) is 17.1 Å². The Labute approximate surface area is 108 Å². The molecule has 0 spiro atoms. The van der Waals surface area contributed by atoms with Crippen molar-refractivity contribution in [1.82, 2.24) is 4.98 Å². The molecule has 0 saturated heterocycles. The maximum atomic E-state index is 13.5. The zero-order valence-corrected chi connectivity index (χ0v) is 10.2. The number of carbonyl (C=O) groups is 1. The van der Waals surface area contributed by atoms with E-state index in [4.69, 9.17) is 4.42 Å². The number of carbonyl (C=O) groups excluding carboxylic acids is 1. The van der Waals surface area contributed by atoms with E-state index in [9.17, 15) is 9.18 Å². The van der Waals surface area contributed by atoms with Gasteiger partial charge in [-0.25, -0.2) is 4.39 Å². The molecule has 0 aliphatic rings. The first kappa shape index (κ1) is 11.6. The fourth-order valence-electron chi connectivity index (χ4n) is 1.93. The van der Waals surface area contributed by atoms with Crippen LogP contribution in [0.2, 0.25) is 0 Å². The van der Waals surface area contributed by atoms with Gasteiger partial charge in [-0.3, -0.25) is 9.78 Å². The van der Waals surface area contributed by atoms with Crippen LogP contribution in [-0.2, 0) is 0 Å². The number of fused-ring (bicyclic) bond motifs is 1. The molecule has 3 aromatic rings. The zero-order valence-electron chi connectivity index (χ0n) is 10.2. The molecule has 2 aromatic heterocycles. The molecule has 3 nitrogen and oxygen atoms in total. The summed E-state index contributed by atoms with van der Waals surface area (Å²) in [6.07, 6.45) is 1.56. The van der Waals surface area contributed by atoms with Gasteiger partial charge in [0.1, 0.15) is 5.69 Å². The molecular weight excluding hydrogens is 245 g/mol. The number of nitrogens with zero attached hydrogens (tertiary/aromatic N) is 1. The SMILES string of the molecule is Cc1ccnc(C(=O)c2cc3cccc(F)c3o2)c1. The molecule has 2 heterocycles. The van der Waals surface area contributed by atoms with Crippen LogP contribution in [0, 0.1) is 12.7 Å². The van der Waals surface area contributed by atoms with Gasteiger partial charge in [0.25, 0.3) is 0 Å². The first-order valence-electron chi connectivity index (χ1n) is 5.80. The van der Waals surface area contributed by atoms with Gasteiger partial charge >= 0.3 is 0 Å². The second-order valence-corrected chi connectivity index (χ2v) is 4.32. The number of ketones is 1. The van der Waals surface area contributed by atoms with E-state index in [1.54, 1.807) is 30.5 Å². The summed E-state index contributed by atoms with van der Waals surface area (Å²) in [6.45, 7) is 1.87. The minimum absolute atomic E-state index is 0.0956. The smallest absolute Gasteiger partial charge is 0.246 e. The van der Waals surface area contributed by atoms with Gasteiger partial charge < -0.3 is 4.42 Å². The van der Waals surface area contributed by atoms with E-state index in [0.717, 1.165) is 5.56 Å². The summed E-state index contributed by atoms with van der Waals surface area (Å²) < 4.78 is 18.8. The van der Waals surface area contributed by atoms with Gasteiger partial charge in [0.05, 0.1) is 0 Å². The van der Waals surface area contributed by atoms with Crippen molar-refractivity contribution in [2.45, 2.75) is 6.92 Å². The second-order valence-electron chi connectivity index (χ2n) is 4.32. The highest BCUT2D eigenvalue weighted by molar-refractivity contribution is 6.07. The standard InChI is InChI=1S/C15H10FNO2/c1-9-5-6-17-12(7-9)14(18)13-8-10-3-2-4-11(16)15(10)19-13/h2-8H,1H3. The Hall–Kier alpha value is -2.49. The van der Waals surface area contributed by atoms with Gasteiger partial charge in [0.2, 0.25) is 5.78 Å². The molecule has 1 aromatic carbocycles. The van der Waals surface area contributed by atoms with Crippen LogP contribution >= 0.6 is 0 Å². The molecule has 0 amide bonds. The summed E-state index contributed by atoms with van der Waals surface area (Å²) in [5.41, 5.74) is 1.32. The van der Waals surface area contributed by atoms with Crippen LogP contribution in [0.1, 0.15) is 21.8 Å². The Morgan fingerprint density at radius 1 is 1.26 bits per heavy atom. The predicted octanol–water partition coefficient (Wildman–Crippen LogP) is 3.51. The number of para-hydroxylation sites is 1. The number of furan rings is 1. The molecule has 3 rings (SSSR count). The molecule has 0 fully saturated rings. The van der Waals surface area contributed by atoms with E-state index in [2.05, 4.69) is 4.98 Å². The van der Waals surface area contributed by atoms with Crippen LogP contribution in [0.4, 0.5) is 4.39 Å². The highest BCUT2D eigenvalue weighted by atomic mass is 19.1. The Morgan fingerprint density at radius 3 is 2.84 bits per heavy atom. The first-order valence-corrected chi connectivity index (χ1v) is 5.80. The molecular formula is C15H10FNO2. The third-order valence-electron chi connectivity index (χ3n) is 2.87. The maximum Gasteiger partial charge on any atom is 0.246 e. The van der Waals surface area contributed by atoms with Crippen molar-refractivity contribution in [3.05, 3.63) is 65.4 Å². The lowest BCUT2D eigenvalue weighted by Crippen LogP contribution is -2.02. The minimum Gasteiger partial charge on any atom is -0.449 e. The number of halogens is 1. The van der Waals surface area contributed by atoms with Crippen LogP contribution in [-0.4, -0.2) is 10.8 Å². The van der Waals surface area contributed by atoms with Crippen LogP contribution in [0.3, 0.4) is 0 Å². The topological polar surface area (TPSA) is 43.1 Å². The van der Waals surface area contributed by atoms with Crippen LogP contribution in [0.5, 0.6) is 0 Å². The first-order chi connectivity index (χ1) is 9.15. The highest BCUT2D eigenvalue weighted by Gasteiger charge is 2.17. The maximum absolute atomic E-state index is 13.5. The molecule has 4 heteroatoms. The van der Waals surface area contributed by atoms with Gasteiger partial charge in [-0.1, -0.05) is 12.1 Å². The Kier molecular flexibility index (Phi) is 2.63. The van der Waals surface area contributed by atoms with Gasteiger partial charge in [-0.15, -0.1) is 0 Å². The lowest BCUT2D eigenvalue weighted by atomic mass is 10.1. The lowest BCUT2D eigenvalue weighted by molar-refractivity contribution is 0.101. The van der Waals surface area contributed by atoms with Gasteiger partial charge in [0.15, 0.2) is 17.2 Å². The summed E-state index contributed by atoms with van der Waals surface area (Å²) in [6, 6.07) is 9.57. The Morgan fingerprint density at radius 2 is 2.11 bits per heavy atom. The van der Waals surface area contributed by atoms with Crippen LogP contribution in [0.25, 0.3) is 11.0 Å².